The molecule has 7 heteroatoms. The molecule has 3 aliphatic carbocycles. The summed E-state index contributed by atoms with van der Waals surface area (Å²) < 4.78 is 21.9. The number of carbonyl (C=O) groups excluding carboxylic acids is 1. The van der Waals surface area contributed by atoms with E-state index in [1.807, 2.05) is 16.6 Å². The number of imidazole rings is 1. The Kier molecular flexibility index (Phi) is 6.48. The van der Waals surface area contributed by atoms with E-state index in [1.165, 1.54) is 56.9 Å². The van der Waals surface area contributed by atoms with Crippen LogP contribution in [0.3, 0.4) is 0 Å². The van der Waals surface area contributed by atoms with Gasteiger partial charge in [0.2, 0.25) is 0 Å². The molecule has 1 atom stereocenters. The van der Waals surface area contributed by atoms with Gasteiger partial charge in [-0.25, -0.2) is 9.31 Å². The number of methoxy groups -OCH3 is 1. The first kappa shape index (κ1) is 25.5. The summed E-state index contributed by atoms with van der Waals surface area (Å²) in [4.78, 5) is 12.3. The van der Waals surface area contributed by atoms with Gasteiger partial charge in [-0.15, -0.1) is 0 Å². The zero-order valence-electron chi connectivity index (χ0n) is 23.7. The van der Waals surface area contributed by atoms with Gasteiger partial charge in [0.1, 0.15) is 30.4 Å². The minimum Gasteiger partial charge on any atom is -0.491 e. The van der Waals surface area contributed by atoms with Crippen LogP contribution in [0.1, 0.15) is 86.8 Å². The number of allylic oxidation sites excluding steroid dienone is 3. The molecule has 0 saturated heterocycles. The Labute approximate surface area is 235 Å². The van der Waals surface area contributed by atoms with Crippen molar-refractivity contribution in [2.45, 2.75) is 77.2 Å². The summed E-state index contributed by atoms with van der Waals surface area (Å²) in [7, 11) is 1.40. The first-order valence-electron chi connectivity index (χ1n) is 15.0. The molecular formula is C33H39N3O4. The number of rotatable bonds is 7. The standard InChI is InChI=1S/C33H39N3O4/c1-33(19-22-10-11-22)14-6-7-23(20-33)21-40-25-12-13-26-28(17-25)39-16-15-35-29-18-27(32(37)38-2)34-36(29)30(31(26)35)24-8-4-3-5-9-24/h6-7,12-14,17-18,22,24H,3-5,8-11,15-16,19-21H2,1-2H3. The molecule has 1 unspecified atom stereocenters. The molecule has 4 aliphatic rings. The fourth-order valence-electron chi connectivity index (χ4n) is 7.15. The second kappa shape index (κ2) is 10.2. The fourth-order valence-corrected chi connectivity index (χ4v) is 7.15. The molecule has 210 valence electrons. The third kappa shape index (κ3) is 4.73. The molecule has 3 heterocycles. The maximum absolute atomic E-state index is 12.3. The van der Waals surface area contributed by atoms with Crippen molar-refractivity contribution in [3.63, 3.8) is 0 Å². The quantitative estimate of drug-likeness (QED) is 0.299. The van der Waals surface area contributed by atoms with E-state index in [0.29, 0.717) is 31.4 Å². The summed E-state index contributed by atoms with van der Waals surface area (Å²) in [5.41, 5.74) is 6.25. The van der Waals surface area contributed by atoms with Crippen LogP contribution in [-0.4, -0.2) is 40.5 Å². The maximum atomic E-state index is 12.3. The molecule has 1 aromatic carbocycles. The van der Waals surface area contributed by atoms with Crippen LogP contribution in [-0.2, 0) is 11.3 Å². The van der Waals surface area contributed by atoms with Gasteiger partial charge >= 0.3 is 5.97 Å². The molecule has 1 aliphatic heterocycles. The molecule has 0 bridgehead atoms. The van der Waals surface area contributed by atoms with Gasteiger partial charge in [0, 0.05) is 23.6 Å². The zero-order valence-corrected chi connectivity index (χ0v) is 23.7. The lowest BCUT2D eigenvalue weighted by atomic mass is 9.76. The number of hydrogen-bond acceptors (Lipinski definition) is 5. The Balaban J connectivity index is 1.20. The average Bonchev–Trinajstić information content (AvgIpc) is 3.63. The Morgan fingerprint density at radius 3 is 2.80 bits per heavy atom. The highest BCUT2D eigenvalue weighted by Crippen LogP contribution is 2.46. The van der Waals surface area contributed by atoms with Crippen molar-refractivity contribution in [3.05, 3.63) is 59.5 Å². The summed E-state index contributed by atoms with van der Waals surface area (Å²) in [6, 6.07) is 8.11. The first-order chi connectivity index (χ1) is 19.5. The number of fused-ring (bicyclic) bond motifs is 5. The van der Waals surface area contributed by atoms with Gasteiger partial charge in [0.15, 0.2) is 5.69 Å². The molecule has 7 nitrogen and oxygen atoms in total. The molecule has 3 aromatic rings. The van der Waals surface area contributed by atoms with Gasteiger partial charge in [-0.2, -0.15) is 5.10 Å². The van der Waals surface area contributed by atoms with E-state index in [0.717, 1.165) is 53.6 Å². The number of esters is 1. The molecule has 2 fully saturated rings. The van der Waals surface area contributed by atoms with Crippen molar-refractivity contribution in [1.29, 1.82) is 0 Å². The maximum Gasteiger partial charge on any atom is 0.358 e. The van der Waals surface area contributed by atoms with Crippen LogP contribution < -0.4 is 9.47 Å². The van der Waals surface area contributed by atoms with E-state index in [4.69, 9.17) is 19.3 Å². The van der Waals surface area contributed by atoms with Crippen molar-refractivity contribution >= 4 is 11.6 Å². The summed E-state index contributed by atoms with van der Waals surface area (Å²) in [5.74, 6) is 2.56. The monoisotopic (exact) mass is 541 g/mol. The number of carbonyl (C=O) groups is 1. The SMILES string of the molecule is COC(=O)c1cc2n3c(c(C4CCCCC4)n2n1)-c1ccc(OCC2=CC=CC(C)(CC4CC4)C2)cc1OCC3. The summed E-state index contributed by atoms with van der Waals surface area (Å²) in [6.45, 7) is 4.19. The largest absolute Gasteiger partial charge is 0.491 e. The highest BCUT2D eigenvalue weighted by molar-refractivity contribution is 5.89. The Morgan fingerprint density at radius 1 is 1.15 bits per heavy atom. The smallest absolute Gasteiger partial charge is 0.358 e. The molecular weight excluding hydrogens is 502 g/mol. The van der Waals surface area contributed by atoms with Crippen LogP contribution in [0, 0.1) is 11.3 Å². The van der Waals surface area contributed by atoms with Gasteiger partial charge in [-0.3, -0.25) is 0 Å². The van der Waals surface area contributed by atoms with E-state index >= 15 is 0 Å². The highest BCUT2D eigenvalue weighted by Gasteiger charge is 2.34. The van der Waals surface area contributed by atoms with Gasteiger partial charge in [0.25, 0.3) is 0 Å². The van der Waals surface area contributed by atoms with Crippen LogP contribution in [0.4, 0.5) is 0 Å². The van der Waals surface area contributed by atoms with Crippen LogP contribution in [0.5, 0.6) is 11.5 Å². The van der Waals surface area contributed by atoms with Gasteiger partial charge in [0.05, 0.1) is 25.0 Å². The normalized spacial score (nSPS) is 22.7. The third-order valence-electron chi connectivity index (χ3n) is 9.21. The number of benzene rings is 1. The number of aromatic nitrogens is 3. The van der Waals surface area contributed by atoms with Crippen molar-refractivity contribution in [1.82, 2.24) is 14.2 Å². The predicted octanol–water partition coefficient (Wildman–Crippen LogP) is 7.10. The zero-order chi connectivity index (χ0) is 27.3. The predicted molar refractivity (Wildman–Crippen MR) is 154 cm³/mol. The van der Waals surface area contributed by atoms with E-state index in [2.05, 4.69) is 41.9 Å². The fraction of sp³-hybridized carbons (Fsp3) is 0.515. The molecule has 7 rings (SSSR count). The highest BCUT2D eigenvalue weighted by atomic mass is 16.5. The summed E-state index contributed by atoms with van der Waals surface area (Å²) in [6.07, 6.45) is 17.9. The third-order valence-corrected chi connectivity index (χ3v) is 9.21. The molecule has 2 aromatic heterocycles. The van der Waals surface area contributed by atoms with Crippen LogP contribution >= 0.6 is 0 Å². The lowest BCUT2D eigenvalue weighted by Crippen LogP contribution is -2.19. The van der Waals surface area contributed by atoms with E-state index in [9.17, 15) is 4.79 Å². The lowest BCUT2D eigenvalue weighted by Gasteiger charge is -2.30. The first-order valence-corrected chi connectivity index (χ1v) is 15.0. The van der Waals surface area contributed by atoms with Crippen molar-refractivity contribution in [2.24, 2.45) is 11.3 Å². The van der Waals surface area contributed by atoms with Crippen molar-refractivity contribution < 1.29 is 19.0 Å². The second-order valence-electron chi connectivity index (χ2n) is 12.5. The van der Waals surface area contributed by atoms with E-state index in [-0.39, 0.29) is 5.41 Å². The molecule has 0 radical (unpaired) electrons. The Hall–Kier alpha value is -3.48. The van der Waals surface area contributed by atoms with Crippen LogP contribution in [0.15, 0.2) is 48.1 Å². The number of ether oxygens (including phenoxy) is 3. The number of hydrogen-bond donors (Lipinski definition) is 0. The minimum absolute atomic E-state index is 0.248. The van der Waals surface area contributed by atoms with Gasteiger partial charge < -0.3 is 18.8 Å². The number of nitrogens with zero attached hydrogens (tertiary/aromatic N) is 3. The molecule has 0 N–H and O–H groups in total. The Morgan fingerprint density at radius 2 is 2.00 bits per heavy atom. The molecule has 40 heavy (non-hydrogen) atoms. The van der Waals surface area contributed by atoms with E-state index in [1.54, 1.807) is 0 Å². The molecule has 0 amide bonds. The van der Waals surface area contributed by atoms with E-state index < -0.39 is 5.97 Å². The average molecular weight is 542 g/mol. The topological polar surface area (TPSA) is 67.0 Å². The Bertz CT molecular complexity index is 1500. The van der Waals surface area contributed by atoms with Crippen LogP contribution in [0.2, 0.25) is 0 Å². The lowest BCUT2D eigenvalue weighted by molar-refractivity contribution is 0.0593. The summed E-state index contributed by atoms with van der Waals surface area (Å²) >= 11 is 0. The van der Waals surface area contributed by atoms with Crippen molar-refractivity contribution in [2.75, 3.05) is 20.3 Å². The second-order valence-corrected chi connectivity index (χ2v) is 12.5. The molecule has 2 saturated carbocycles. The van der Waals surface area contributed by atoms with Crippen LogP contribution in [0.25, 0.3) is 16.9 Å². The minimum atomic E-state index is -0.406. The van der Waals surface area contributed by atoms with Gasteiger partial charge in [-0.1, -0.05) is 57.3 Å². The summed E-state index contributed by atoms with van der Waals surface area (Å²) in [5, 5.41) is 4.74. The van der Waals surface area contributed by atoms with Gasteiger partial charge in [-0.05, 0) is 54.7 Å². The van der Waals surface area contributed by atoms with Crippen molar-refractivity contribution in [3.8, 4) is 22.8 Å². The molecule has 0 spiro atoms.